The van der Waals surface area contributed by atoms with Crippen LogP contribution in [-0.4, -0.2) is 58.6 Å². The number of ether oxygens (including phenoxy) is 1. The molecule has 9 nitrogen and oxygen atoms in total. The molecule has 1 aliphatic rings. The Bertz CT molecular complexity index is 1200. The van der Waals surface area contributed by atoms with Crippen LogP contribution in [0.2, 0.25) is 0 Å². The second-order valence-corrected chi connectivity index (χ2v) is 10.8. The summed E-state index contributed by atoms with van der Waals surface area (Å²) in [7, 11) is 1.55. The number of hydrogen-bond donors (Lipinski definition) is 3. The Morgan fingerprint density at radius 2 is 2.05 bits per heavy atom. The topological polar surface area (TPSA) is 108 Å². The van der Waals surface area contributed by atoms with Gasteiger partial charge in [-0.25, -0.2) is 14.2 Å². The van der Waals surface area contributed by atoms with Crippen molar-refractivity contribution in [3.8, 4) is 11.8 Å². The Kier molecular flexibility index (Phi) is 10.5. The third-order valence-electron chi connectivity index (χ3n) is 5.95. The normalized spacial score (nSPS) is 16.9. The number of likely N-dealkylation sites (N-methyl/N-ethyl adjacent to an activating group) is 1. The summed E-state index contributed by atoms with van der Waals surface area (Å²) in [6.07, 6.45) is 5.52. The maximum Gasteiger partial charge on any atom is 0.410 e. The Balaban J connectivity index is 1.61. The molecule has 0 spiro atoms. The summed E-state index contributed by atoms with van der Waals surface area (Å²) in [5.41, 5.74) is 0.618. The predicted octanol–water partition coefficient (Wildman–Crippen LogP) is 5.07. The zero-order valence-corrected chi connectivity index (χ0v) is 23.4. The van der Waals surface area contributed by atoms with E-state index in [4.69, 9.17) is 4.74 Å². The molecule has 10 heteroatoms. The zero-order chi connectivity index (χ0) is 28.4. The third kappa shape index (κ3) is 10.1. The summed E-state index contributed by atoms with van der Waals surface area (Å²) in [5.74, 6) is 7.08. The molecule has 0 unspecified atom stereocenters. The van der Waals surface area contributed by atoms with Crippen LogP contribution in [0.15, 0.2) is 30.5 Å². The number of nitrogens with zero attached hydrogens (tertiary/aromatic N) is 3. The van der Waals surface area contributed by atoms with Crippen LogP contribution < -0.4 is 16.0 Å². The average molecular weight is 539 g/mol. The van der Waals surface area contributed by atoms with Gasteiger partial charge in [0.2, 0.25) is 11.9 Å². The monoisotopic (exact) mass is 538 g/mol. The molecule has 2 atom stereocenters. The smallest absolute Gasteiger partial charge is 0.410 e. The number of halogens is 1. The van der Waals surface area contributed by atoms with Crippen molar-refractivity contribution in [2.45, 2.75) is 71.4 Å². The van der Waals surface area contributed by atoms with Crippen molar-refractivity contribution in [3.05, 3.63) is 41.8 Å². The molecule has 0 radical (unpaired) electrons. The van der Waals surface area contributed by atoms with Crippen molar-refractivity contribution in [1.82, 2.24) is 20.2 Å². The van der Waals surface area contributed by atoms with E-state index in [1.807, 2.05) is 0 Å². The average Bonchev–Trinajstić information content (AvgIpc) is 2.86. The summed E-state index contributed by atoms with van der Waals surface area (Å²) in [4.78, 5) is 34.9. The number of carbonyl (C=O) groups is 2. The number of carbonyl (C=O) groups excluding carboxylic acids is 2. The second-order valence-electron chi connectivity index (χ2n) is 10.8. The molecule has 0 bridgehead atoms. The van der Waals surface area contributed by atoms with Crippen molar-refractivity contribution in [2.75, 3.05) is 30.8 Å². The quantitative estimate of drug-likeness (QED) is 0.403. The molecule has 2 aromatic rings. The van der Waals surface area contributed by atoms with E-state index in [-0.39, 0.29) is 30.2 Å². The number of amides is 2. The molecule has 1 heterocycles. The lowest BCUT2D eigenvalue weighted by atomic mass is 9.86. The summed E-state index contributed by atoms with van der Waals surface area (Å²) in [6, 6.07) is 6.11. The predicted molar refractivity (Wildman–Crippen MR) is 150 cm³/mol. The Labute approximate surface area is 230 Å². The first kappa shape index (κ1) is 29.7. The van der Waals surface area contributed by atoms with E-state index >= 15 is 0 Å². The van der Waals surface area contributed by atoms with Crippen LogP contribution in [0.4, 0.5) is 26.6 Å². The van der Waals surface area contributed by atoms with Crippen molar-refractivity contribution >= 4 is 29.5 Å². The third-order valence-corrected chi connectivity index (χ3v) is 5.95. The van der Waals surface area contributed by atoms with E-state index in [9.17, 15) is 14.0 Å². The van der Waals surface area contributed by atoms with Crippen LogP contribution in [0.1, 0.15) is 65.4 Å². The summed E-state index contributed by atoms with van der Waals surface area (Å²) >= 11 is 0. The molecule has 1 aromatic carbocycles. The SMILES string of the molecule is CCCNc1nc(Nc2cccc(F)c2)ncc1C#C[C@@H]1CCC[C@H](NC(=O)CN(C)C(=O)OC(C)(C)C)C1. The highest BCUT2D eigenvalue weighted by Gasteiger charge is 2.25. The van der Waals surface area contributed by atoms with E-state index in [0.717, 1.165) is 38.6 Å². The summed E-state index contributed by atoms with van der Waals surface area (Å²) < 4.78 is 18.9. The molecular weight excluding hydrogens is 499 g/mol. The minimum Gasteiger partial charge on any atom is -0.444 e. The van der Waals surface area contributed by atoms with Crippen LogP contribution in [0.25, 0.3) is 0 Å². The fraction of sp³-hybridized carbons (Fsp3) is 0.517. The first-order valence-corrected chi connectivity index (χ1v) is 13.4. The summed E-state index contributed by atoms with van der Waals surface area (Å²) in [6.45, 7) is 8.08. The Morgan fingerprint density at radius 3 is 2.77 bits per heavy atom. The maximum atomic E-state index is 13.5. The molecule has 1 aromatic heterocycles. The fourth-order valence-corrected chi connectivity index (χ4v) is 4.13. The van der Waals surface area contributed by atoms with E-state index in [1.165, 1.54) is 17.0 Å². The second kappa shape index (κ2) is 13.8. The van der Waals surface area contributed by atoms with Crippen molar-refractivity contribution in [3.63, 3.8) is 0 Å². The highest BCUT2D eigenvalue weighted by Crippen LogP contribution is 2.24. The van der Waals surface area contributed by atoms with Gasteiger partial charge >= 0.3 is 6.09 Å². The Morgan fingerprint density at radius 1 is 1.26 bits per heavy atom. The molecule has 39 heavy (non-hydrogen) atoms. The van der Waals surface area contributed by atoms with Crippen molar-refractivity contribution in [1.29, 1.82) is 0 Å². The van der Waals surface area contributed by atoms with Crippen LogP contribution in [0, 0.1) is 23.6 Å². The lowest BCUT2D eigenvalue weighted by Gasteiger charge is -2.28. The number of hydrogen-bond acceptors (Lipinski definition) is 7. The van der Waals surface area contributed by atoms with Gasteiger partial charge in [0.15, 0.2) is 0 Å². The van der Waals surface area contributed by atoms with Gasteiger partial charge < -0.3 is 25.6 Å². The van der Waals surface area contributed by atoms with Gasteiger partial charge in [-0.3, -0.25) is 4.79 Å². The zero-order valence-electron chi connectivity index (χ0n) is 23.4. The Hall–Kier alpha value is -3.87. The first-order valence-electron chi connectivity index (χ1n) is 13.4. The van der Waals surface area contributed by atoms with Gasteiger partial charge in [0, 0.05) is 31.2 Å². The molecule has 1 aliphatic carbocycles. The molecule has 210 valence electrons. The minimum absolute atomic E-state index is 0.00985. The number of benzene rings is 1. The van der Waals surface area contributed by atoms with Gasteiger partial charge in [-0.2, -0.15) is 4.98 Å². The van der Waals surface area contributed by atoms with E-state index in [2.05, 4.69) is 44.7 Å². The number of anilines is 3. The van der Waals surface area contributed by atoms with Crippen LogP contribution in [-0.2, 0) is 9.53 Å². The molecule has 0 aliphatic heterocycles. The lowest BCUT2D eigenvalue weighted by Crippen LogP contribution is -2.45. The lowest BCUT2D eigenvalue weighted by molar-refractivity contribution is -0.123. The minimum atomic E-state index is -0.619. The van der Waals surface area contributed by atoms with Gasteiger partial charge in [-0.05, 0) is 64.7 Å². The maximum absolute atomic E-state index is 13.5. The van der Waals surface area contributed by atoms with Crippen LogP contribution in [0.5, 0.6) is 0 Å². The summed E-state index contributed by atoms with van der Waals surface area (Å²) in [5, 5.41) is 9.37. The highest BCUT2D eigenvalue weighted by atomic mass is 19.1. The van der Waals surface area contributed by atoms with Gasteiger partial charge in [-0.15, -0.1) is 0 Å². The van der Waals surface area contributed by atoms with E-state index in [1.54, 1.807) is 46.1 Å². The first-order chi connectivity index (χ1) is 18.5. The molecule has 0 saturated heterocycles. The van der Waals surface area contributed by atoms with Crippen molar-refractivity contribution < 1.29 is 18.7 Å². The van der Waals surface area contributed by atoms with E-state index in [0.29, 0.717) is 23.0 Å². The molecule has 2 amide bonds. The largest absolute Gasteiger partial charge is 0.444 e. The molecule has 3 rings (SSSR count). The molecule has 3 N–H and O–H groups in total. The van der Waals surface area contributed by atoms with E-state index < -0.39 is 11.7 Å². The van der Waals surface area contributed by atoms with Crippen LogP contribution >= 0.6 is 0 Å². The van der Waals surface area contributed by atoms with Gasteiger partial charge in [-0.1, -0.05) is 31.3 Å². The van der Waals surface area contributed by atoms with Gasteiger partial charge in [0.1, 0.15) is 23.8 Å². The highest BCUT2D eigenvalue weighted by molar-refractivity contribution is 5.82. The fourth-order valence-electron chi connectivity index (χ4n) is 4.13. The van der Waals surface area contributed by atoms with Gasteiger partial charge in [0.05, 0.1) is 11.8 Å². The molecule has 1 fully saturated rings. The molecule has 1 saturated carbocycles. The number of aromatic nitrogens is 2. The van der Waals surface area contributed by atoms with Crippen molar-refractivity contribution in [2.24, 2.45) is 5.92 Å². The molecular formula is C29H39FN6O3. The van der Waals surface area contributed by atoms with Crippen LogP contribution in [0.3, 0.4) is 0 Å². The number of rotatable bonds is 8. The number of nitrogens with one attached hydrogen (secondary N) is 3. The standard InChI is InChI=1S/C29H39FN6O3/c1-6-15-31-26-21(18-32-27(35-26)34-24-12-8-10-22(30)17-24)14-13-20-9-7-11-23(16-20)33-25(37)19-36(5)28(38)39-29(2,3)4/h8,10,12,17-18,20,23H,6-7,9,11,15-16,19H2,1-5H3,(H,33,37)(H2,31,32,34,35)/t20-,23-/m0/s1. The van der Waals surface area contributed by atoms with Gasteiger partial charge in [0.25, 0.3) is 0 Å².